The molecule has 2 N–H and O–H groups in total. The van der Waals surface area contributed by atoms with Crippen molar-refractivity contribution in [3.05, 3.63) is 46.0 Å². The Morgan fingerprint density at radius 3 is 2.82 bits per heavy atom. The summed E-state index contributed by atoms with van der Waals surface area (Å²) >= 11 is 12.1. The fourth-order valence-electron chi connectivity index (χ4n) is 2.41. The number of hydrogen-bond donors (Lipinski definition) is 2. The largest absolute Gasteiger partial charge is 0.480 e. The third-order valence-electron chi connectivity index (χ3n) is 3.73. The van der Waals surface area contributed by atoms with Crippen LogP contribution in [0.2, 0.25) is 10.0 Å². The number of hydrogen-bond acceptors (Lipinski definition) is 2. The van der Waals surface area contributed by atoms with Gasteiger partial charge in [0.1, 0.15) is 6.04 Å². The minimum absolute atomic E-state index is 0.00219. The van der Waals surface area contributed by atoms with Crippen LogP contribution < -0.4 is 5.32 Å². The summed E-state index contributed by atoms with van der Waals surface area (Å²) in [6.07, 6.45) is 4.40. The van der Waals surface area contributed by atoms with Crippen molar-refractivity contribution < 1.29 is 14.7 Å². The van der Waals surface area contributed by atoms with Gasteiger partial charge in [-0.15, -0.1) is 0 Å². The van der Waals surface area contributed by atoms with Crippen LogP contribution in [0.1, 0.15) is 31.2 Å². The van der Waals surface area contributed by atoms with Crippen molar-refractivity contribution in [2.24, 2.45) is 5.92 Å². The molecule has 1 fully saturated rings. The topological polar surface area (TPSA) is 66.4 Å². The zero-order chi connectivity index (χ0) is 16.3. The maximum Gasteiger partial charge on any atom is 0.326 e. The number of aliphatic carboxylic acids is 1. The second-order valence-electron chi connectivity index (χ2n) is 5.30. The van der Waals surface area contributed by atoms with E-state index in [1.165, 1.54) is 0 Å². The van der Waals surface area contributed by atoms with Crippen LogP contribution in [-0.2, 0) is 9.59 Å². The molecule has 0 saturated heterocycles. The normalized spacial score (nSPS) is 21.6. The Balaban J connectivity index is 2.00. The highest BCUT2D eigenvalue weighted by Crippen LogP contribution is 2.50. The van der Waals surface area contributed by atoms with Gasteiger partial charge in [0.2, 0.25) is 5.91 Å². The molecule has 1 amide bonds. The molecule has 22 heavy (non-hydrogen) atoms. The quantitative estimate of drug-likeness (QED) is 0.776. The number of allylic oxidation sites excluding steroid dienone is 1. The van der Waals surface area contributed by atoms with Crippen molar-refractivity contribution in [2.75, 3.05) is 0 Å². The Morgan fingerprint density at radius 2 is 2.18 bits per heavy atom. The molecule has 1 aliphatic rings. The summed E-state index contributed by atoms with van der Waals surface area (Å²) in [5, 5.41) is 12.6. The maximum absolute atomic E-state index is 12.2. The lowest BCUT2D eigenvalue weighted by Crippen LogP contribution is -2.41. The fourth-order valence-corrected chi connectivity index (χ4v) is 2.86. The SMILES string of the molecule is C/C=C/CC(NC(=O)C1CC1c1cccc(Cl)c1Cl)C(=O)O. The Labute approximate surface area is 139 Å². The number of carboxylic acid groups (broad SMARTS) is 1. The average molecular weight is 342 g/mol. The van der Waals surface area contributed by atoms with Crippen molar-refractivity contribution in [3.63, 3.8) is 0 Å². The van der Waals surface area contributed by atoms with Crippen molar-refractivity contribution in [3.8, 4) is 0 Å². The molecule has 118 valence electrons. The van der Waals surface area contributed by atoms with E-state index in [1.807, 2.05) is 6.07 Å². The number of nitrogens with one attached hydrogen (secondary N) is 1. The van der Waals surface area contributed by atoms with Gasteiger partial charge in [-0.25, -0.2) is 4.79 Å². The molecular formula is C16H17Cl2NO3. The Hall–Kier alpha value is -1.52. The molecule has 0 aliphatic heterocycles. The molecule has 0 heterocycles. The van der Waals surface area contributed by atoms with Crippen LogP contribution >= 0.6 is 23.2 Å². The van der Waals surface area contributed by atoms with Gasteiger partial charge in [0.15, 0.2) is 0 Å². The third-order valence-corrected chi connectivity index (χ3v) is 4.56. The molecule has 4 nitrogen and oxygen atoms in total. The standard InChI is InChI=1S/C16H17Cl2NO3/c1-2-3-7-13(16(21)22)19-15(20)11-8-10(11)9-5-4-6-12(17)14(9)18/h2-6,10-11,13H,7-8H2,1H3,(H,19,20)(H,21,22)/b3-2+. The van der Waals surface area contributed by atoms with Crippen molar-refractivity contribution in [2.45, 2.75) is 31.7 Å². The van der Waals surface area contributed by atoms with Crippen molar-refractivity contribution in [1.82, 2.24) is 5.32 Å². The molecule has 2 rings (SSSR count). The number of halogens is 2. The van der Waals surface area contributed by atoms with E-state index in [4.69, 9.17) is 28.3 Å². The summed E-state index contributed by atoms with van der Waals surface area (Å²) in [5.74, 6) is -1.53. The molecule has 1 aliphatic carbocycles. The lowest BCUT2D eigenvalue weighted by molar-refractivity contribution is -0.141. The average Bonchev–Trinajstić information content (AvgIpc) is 3.26. The van der Waals surface area contributed by atoms with Crippen LogP contribution in [-0.4, -0.2) is 23.0 Å². The van der Waals surface area contributed by atoms with E-state index in [2.05, 4.69) is 5.32 Å². The number of carbonyl (C=O) groups excluding carboxylic acids is 1. The number of carbonyl (C=O) groups is 2. The summed E-state index contributed by atoms with van der Waals surface area (Å²) in [6, 6.07) is 4.44. The highest BCUT2D eigenvalue weighted by Gasteiger charge is 2.45. The molecule has 0 bridgehead atoms. The van der Waals surface area contributed by atoms with Gasteiger partial charge in [0.05, 0.1) is 10.0 Å². The van der Waals surface area contributed by atoms with Crippen LogP contribution in [0.15, 0.2) is 30.4 Å². The first kappa shape index (κ1) is 16.8. The smallest absolute Gasteiger partial charge is 0.326 e. The van der Waals surface area contributed by atoms with Crippen molar-refractivity contribution in [1.29, 1.82) is 0 Å². The van der Waals surface area contributed by atoms with Gasteiger partial charge in [-0.3, -0.25) is 4.79 Å². The molecule has 1 aromatic carbocycles. The minimum atomic E-state index is -1.04. The van der Waals surface area contributed by atoms with Gasteiger partial charge in [0, 0.05) is 5.92 Å². The van der Waals surface area contributed by atoms with Crippen LogP contribution in [0.3, 0.4) is 0 Å². The highest BCUT2D eigenvalue weighted by atomic mass is 35.5. The van der Waals surface area contributed by atoms with Gasteiger partial charge < -0.3 is 10.4 Å². The zero-order valence-corrected chi connectivity index (χ0v) is 13.6. The molecule has 3 unspecified atom stereocenters. The summed E-state index contributed by atoms with van der Waals surface area (Å²) in [4.78, 5) is 23.3. The van der Waals surface area contributed by atoms with E-state index in [0.29, 0.717) is 16.5 Å². The first-order valence-corrected chi connectivity index (χ1v) is 7.79. The monoisotopic (exact) mass is 341 g/mol. The number of benzene rings is 1. The van der Waals surface area contributed by atoms with Crippen LogP contribution in [0.5, 0.6) is 0 Å². The van der Waals surface area contributed by atoms with Crippen LogP contribution in [0, 0.1) is 5.92 Å². The molecule has 0 spiro atoms. The number of carboxylic acids is 1. The summed E-state index contributed by atoms with van der Waals surface area (Å²) in [5.41, 5.74) is 0.842. The first-order chi connectivity index (χ1) is 10.5. The lowest BCUT2D eigenvalue weighted by atomic mass is 10.1. The molecule has 6 heteroatoms. The predicted octanol–water partition coefficient (Wildman–Crippen LogP) is 3.63. The molecule has 1 saturated carbocycles. The molecule has 0 radical (unpaired) electrons. The molecule has 0 aromatic heterocycles. The number of rotatable bonds is 6. The van der Waals surface area contributed by atoms with E-state index >= 15 is 0 Å². The van der Waals surface area contributed by atoms with Crippen LogP contribution in [0.4, 0.5) is 0 Å². The molecule has 1 aromatic rings. The second-order valence-corrected chi connectivity index (χ2v) is 6.08. The Morgan fingerprint density at radius 1 is 1.45 bits per heavy atom. The second kappa shape index (κ2) is 7.16. The van der Waals surface area contributed by atoms with Crippen molar-refractivity contribution >= 4 is 35.1 Å². The van der Waals surface area contributed by atoms with E-state index in [1.54, 1.807) is 31.2 Å². The van der Waals surface area contributed by atoms with E-state index in [0.717, 1.165) is 5.56 Å². The summed E-state index contributed by atoms with van der Waals surface area (Å²) in [6.45, 7) is 1.80. The predicted molar refractivity (Wildman–Crippen MR) is 86.3 cm³/mol. The van der Waals surface area contributed by atoms with Gasteiger partial charge in [-0.05, 0) is 37.3 Å². The highest BCUT2D eigenvalue weighted by molar-refractivity contribution is 6.42. The van der Waals surface area contributed by atoms with Gasteiger partial charge >= 0.3 is 5.97 Å². The maximum atomic E-state index is 12.2. The zero-order valence-electron chi connectivity index (χ0n) is 12.1. The van der Waals surface area contributed by atoms with Gasteiger partial charge in [-0.2, -0.15) is 0 Å². The first-order valence-electron chi connectivity index (χ1n) is 7.04. The summed E-state index contributed by atoms with van der Waals surface area (Å²) in [7, 11) is 0. The fraction of sp³-hybridized carbons (Fsp3) is 0.375. The lowest BCUT2D eigenvalue weighted by Gasteiger charge is -2.13. The Bertz CT molecular complexity index is 615. The molecular weight excluding hydrogens is 325 g/mol. The minimum Gasteiger partial charge on any atom is -0.480 e. The summed E-state index contributed by atoms with van der Waals surface area (Å²) < 4.78 is 0. The van der Waals surface area contributed by atoms with E-state index in [-0.39, 0.29) is 24.2 Å². The van der Waals surface area contributed by atoms with Gasteiger partial charge in [-0.1, -0.05) is 47.5 Å². The number of amides is 1. The third kappa shape index (κ3) is 3.81. The molecule has 3 atom stereocenters. The van der Waals surface area contributed by atoms with E-state index < -0.39 is 12.0 Å². The van der Waals surface area contributed by atoms with Crippen LogP contribution in [0.25, 0.3) is 0 Å². The Kier molecular flexibility index (Phi) is 5.48. The van der Waals surface area contributed by atoms with E-state index in [9.17, 15) is 9.59 Å². The van der Waals surface area contributed by atoms with Gasteiger partial charge in [0.25, 0.3) is 0 Å².